The zero-order valence-corrected chi connectivity index (χ0v) is 14.4. The quantitative estimate of drug-likeness (QED) is 0.715. The molecule has 25 heavy (non-hydrogen) atoms. The van der Waals surface area contributed by atoms with Crippen LogP contribution in [0.4, 0.5) is 5.69 Å². The lowest BCUT2D eigenvalue weighted by molar-refractivity contribution is -0.117. The van der Waals surface area contributed by atoms with Crippen LogP contribution in [0.3, 0.4) is 0 Å². The average molecular weight is 339 g/mol. The van der Waals surface area contributed by atoms with Crippen molar-refractivity contribution >= 4 is 22.7 Å². The second-order valence-electron chi connectivity index (χ2n) is 5.66. The molecule has 0 bridgehead atoms. The molecule has 0 saturated heterocycles. The van der Waals surface area contributed by atoms with E-state index in [2.05, 4.69) is 10.3 Å². The first-order valence-electron chi connectivity index (χ1n) is 8.18. The highest BCUT2D eigenvalue weighted by molar-refractivity contribution is 5.92. The molecule has 0 aliphatic heterocycles. The number of carbonyl (C=O) groups excluding carboxylic acids is 1. The molecule has 0 atom stereocenters. The smallest absolute Gasteiger partial charge is 0.238 e. The number of likely N-dealkylation sites (N-methyl/N-ethyl adjacent to an activating group) is 1. The highest BCUT2D eigenvalue weighted by Gasteiger charge is 2.13. The van der Waals surface area contributed by atoms with Gasteiger partial charge < -0.3 is 14.5 Å². The van der Waals surface area contributed by atoms with E-state index in [0.717, 1.165) is 29.1 Å². The van der Waals surface area contributed by atoms with Gasteiger partial charge in [-0.05, 0) is 42.9 Å². The summed E-state index contributed by atoms with van der Waals surface area (Å²) in [4.78, 5) is 18.7. The number of amides is 1. The van der Waals surface area contributed by atoms with Crippen molar-refractivity contribution in [1.29, 1.82) is 0 Å². The van der Waals surface area contributed by atoms with E-state index >= 15 is 0 Å². The monoisotopic (exact) mass is 339 g/mol. The SMILES string of the molecule is CCN(CC(=O)Nc1ccc(OC)cc1)Cc1nc2ccccc2o1. The maximum atomic E-state index is 12.3. The summed E-state index contributed by atoms with van der Waals surface area (Å²) in [5.41, 5.74) is 2.33. The number of fused-ring (bicyclic) bond motifs is 1. The molecule has 2 aromatic carbocycles. The van der Waals surface area contributed by atoms with Gasteiger partial charge in [-0.25, -0.2) is 4.98 Å². The Morgan fingerprint density at radius 3 is 2.64 bits per heavy atom. The molecule has 6 nitrogen and oxygen atoms in total. The number of anilines is 1. The van der Waals surface area contributed by atoms with Gasteiger partial charge in [-0.3, -0.25) is 9.69 Å². The lowest BCUT2D eigenvalue weighted by Gasteiger charge is -2.18. The number of benzene rings is 2. The number of nitrogens with one attached hydrogen (secondary N) is 1. The van der Waals surface area contributed by atoms with Crippen molar-refractivity contribution in [3.05, 3.63) is 54.4 Å². The molecule has 0 unspecified atom stereocenters. The molecule has 3 aromatic rings. The van der Waals surface area contributed by atoms with E-state index in [1.165, 1.54) is 0 Å². The Labute approximate surface area is 146 Å². The third kappa shape index (κ3) is 4.36. The first kappa shape index (κ1) is 17.0. The zero-order chi connectivity index (χ0) is 17.6. The standard InChI is InChI=1S/C19H21N3O3/c1-3-22(13-19-21-16-6-4-5-7-17(16)25-19)12-18(23)20-14-8-10-15(24-2)11-9-14/h4-11H,3,12-13H2,1-2H3,(H,20,23). The lowest BCUT2D eigenvalue weighted by Crippen LogP contribution is -2.32. The number of nitrogens with zero attached hydrogens (tertiary/aromatic N) is 2. The van der Waals surface area contributed by atoms with Crippen LogP contribution in [0.1, 0.15) is 12.8 Å². The van der Waals surface area contributed by atoms with Gasteiger partial charge in [-0.1, -0.05) is 19.1 Å². The Kier molecular flexibility index (Phi) is 5.30. The minimum atomic E-state index is -0.0804. The van der Waals surface area contributed by atoms with Crippen LogP contribution < -0.4 is 10.1 Å². The van der Waals surface area contributed by atoms with Crippen LogP contribution >= 0.6 is 0 Å². The van der Waals surface area contributed by atoms with E-state index in [4.69, 9.17) is 9.15 Å². The summed E-state index contributed by atoms with van der Waals surface area (Å²) < 4.78 is 10.8. The summed E-state index contributed by atoms with van der Waals surface area (Å²) in [5, 5.41) is 2.88. The van der Waals surface area contributed by atoms with Crippen LogP contribution in [0.25, 0.3) is 11.1 Å². The Morgan fingerprint density at radius 2 is 1.96 bits per heavy atom. The first-order valence-corrected chi connectivity index (χ1v) is 8.18. The van der Waals surface area contributed by atoms with Gasteiger partial charge in [0.15, 0.2) is 5.58 Å². The average Bonchev–Trinajstić information content (AvgIpc) is 3.04. The molecule has 3 rings (SSSR count). The molecule has 6 heteroatoms. The fraction of sp³-hybridized carbons (Fsp3) is 0.263. The first-order chi connectivity index (χ1) is 12.2. The number of para-hydroxylation sites is 2. The number of carbonyl (C=O) groups is 1. The van der Waals surface area contributed by atoms with Gasteiger partial charge in [0.2, 0.25) is 11.8 Å². The van der Waals surface area contributed by atoms with Gasteiger partial charge in [-0.15, -0.1) is 0 Å². The van der Waals surface area contributed by atoms with Crippen LogP contribution in [0.5, 0.6) is 5.75 Å². The molecule has 130 valence electrons. The molecule has 0 saturated carbocycles. The van der Waals surface area contributed by atoms with Gasteiger partial charge in [-0.2, -0.15) is 0 Å². The van der Waals surface area contributed by atoms with E-state index in [0.29, 0.717) is 12.4 Å². The molecule has 1 heterocycles. The van der Waals surface area contributed by atoms with Crippen molar-refractivity contribution in [2.45, 2.75) is 13.5 Å². The van der Waals surface area contributed by atoms with Crippen molar-refractivity contribution in [3.63, 3.8) is 0 Å². The van der Waals surface area contributed by atoms with E-state index < -0.39 is 0 Å². The van der Waals surface area contributed by atoms with Crippen molar-refractivity contribution in [2.24, 2.45) is 0 Å². The lowest BCUT2D eigenvalue weighted by atomic mass is 10.3. The Balaban J connectivity index is 1.59. The van der Waals surface area contributed by atoms with Gasteiger partial charge >= 0.3 is 0 Å². The summed E-state index contributed by atoms with van der Waals surface area (Å²) in [6, 6.07) is 14.9. The van der Waals surface area contributed by atoms with E-state index in [1.54, 1.807) is 7.11 Å². The van der Waals surface area contributed by atoms with Gasteiger partial charge in [0.25, 0.3) is 0 Å². The summed E-state index contributed by atoms with van der Waals surface area (Å²) in [6.45, 7) is 3.47. The number of aromatic nitrogens is 1. The van der Waals surface area contributed by atoms with Crippen molar-refractivity contribution < 1.29 is 13.9 Å². The fourth-order valence-corrected chi connectivity index (χ4v) is 2.54. The molecule has 0 aliphatic rings. The summed E-state index contributed by atoms with van der Waals surface area (Å²) in [6.07, 6.45) is 0. The van der Waals surface area contributed by atoms with Crippen LogP contribution in [-0.4, -0.2) is 36.0 Å². The third-order valence-corrected chi connectivity index (χ3v) is 3.89. The van der Waals surface area contributed by atoms with Crippen molar-refractivity contribution in [2.75, 3.05) is 25.5 Å². The van der Waals surface area contributed by atoms with Gasteiger partial charge in [0.1, 0.15) is 11.3 Å². The Bertz CT molecular complexity index is 810. The maximum absolute atomic E-state index is 12.3. The second-order valence-corrected chi connectivity index (χ2v) is 5.66. The zero-order valence-electron chi connectivity index (χ0n) is 14.4. The van der Waals surface area contributed by atoms with Gasteiger partial charge in [0, 0.05) is 5.69 Å². The van der Waals surface area contributed by atoms with E-state index in [1.807, 2.05) is 60.4 Å². The normalized spacial score (nSPS) is 11.0. The molecule has 1 amide bonds. The number of hydrogen-bond donors (Lipinski definition) is 1. The summed E-state index contributed by atoms with van der Waals surface area (Å²) >= 11 is 0. The molecule has 0 aliphatic carbocycles. The predicted octanol–water partition coefficient (Wildman–Crippen LogP) is 3.30. The number of ether oxygens (including phenoxy) is 1. The van der Waals surface area contributed by atoms with Crippen LogP contribution in [0.2, 0.25) is 0 Å². The predicted molar refractivity (Wildman–Crippen MR) is 96.6 cm³/mol. The highest BCUT2D eigenvalue weighted by Crippen LogP contribution is 2.17. The Morgan fingerprint density at radius 1 is 1.20 bits per heavy atom. The number of hydrogen-bond acceptors (Lipinski definition) is 5. The van der Waals surface area contributed by atoms with Gasteiger partial charge in [0.05, 0.1) is 20.2 Å². The van der Waals surface area contributed by atoms with Crippen molar-refractivity contribution in [1.82, 2.24) is 9.88 Å². The van der Waals surface area contributed by atoms with E-state index in [9.17, 15) is 4.79 Å². The number of methoxy groups -OCH3 is 1. The summed E-state index contributed by atoms with van der Waals surface area (Å²) in [5.74, 6) is 1.28. The number of rotatable bonds is 7. The third-order valence-electron chi connectivity index (χ3n) is 3.89. The number of oxazole rings is 1. The highest BCUT2D eigenvalue weighted by atomic mass is 16.5. The van der Waals surface area contributed by atoms with E-state index in [-0.39, 0.29) is 12.5 Å². The molecule has 1 aromatic heterocycles. The summed E-state index contributed by atoms with van der Waals surface area (Å²) in [7, 11) is 1.61. The fourth-order valence-electron chi connectivity index (χ4n) is 2.54. The topological polar surface area (TPSA) is 67.6 Å². The van der Waals surface area contributed by atoms with Crippen LogP contribution in [0, 0.1) is 0 Å². The second kappa shape index (κ2) is 7.81. The molecule has 0 fully saturated rings. The minimum Gasteiger partial charge on any atom is -0.497 e. The Hall–Kier alpha value is -2.86. The molecular formula is C19H21N3O3. The molecule has 1 N–H and O–H groups in total. The molecule has 0 radical (unpaired) electrons. The molecular weight excluding hydrogens is 318 g/mol. The maximum Gasteiger partial charge on any atom is 0.238 e. The van der Waals surface area contributed by atoms with Crippen LogP contribution in [0.15, 0.2) is 52.9 Å². The van der Waals surface area contributed by atoms with Crippen molar-refractivity contribution in [3.8, 4) is 5.75 Å². The minimum absolute atomic E-state index is 0.0804. The largest absolute Gasteiger partial charge is 0.497 e. The molecule has 0 spiro atoms. The van der Waals surface area contributed by atoms with Crippen LogP contribution in [-0.2, 0) is 11.3 Å².